The lowest BCUT2D eigenvalue weighted by molar-refractivity contribution is 0.0958. The van der Waals surface area contributed by atoms with Gasteiger partial charge in [0.15, 0.2) is 5.82 Å². The van der Waals surface area contributed by atoms with Crippen LogP contribution in [0.2, 0.25) is 0 Å². The van der Waals surface area contributed by atoms with Crippen molar-refractivity contribution in [3.05, 3.63) is 59.8 Å². The van der Waals surface area contributed by atoms with E-state index in [9.17, 15) is 9.18 Å². The molecule has 0 atom stereocenters. The van der Waals surface area contributed by atoms with Crippen LogP contribution in [0.1, 0.15) is 43.7 Å². The molecule has 1 amide bonds. The van der Waals surface area contributed by atoms with E-state index in [0.717, 1.165) is 10.9 Å². The van der Waals surface area contributed by atoms with E-state index in [1.807, 2.05) is 46.8 Å². The van der Waals surface area contributed by atoms with Gasteiger partial charge in [0.1, 0.15) is 11.4 Å². The van der Waals surface area contributed by atoms with Gasteiger partial charge in [0.05, 0.1) is 0 Å². The molecule has 0 fully saturated rings. The molecular weight excluding hydrogens is 329 g/mol. The third kappa shape index (κ3) is 4.42. The normalized spacial score (nSPS) is 9.50. The number of hydrogen-bond acceptors (Lipinski definition) is 3. The maximum Gasteiger partial charge on any atom is 0.269 e. The first-order valence-corrected chi connectivity index (χ1v) is 8.84. The quantitative estimate of drug-likeness (QED) is 0.691. The molecule has 0 unspecified atom stereocenters. The highest BCUT2D eigenvalue weighted by Crippen LogP contribution is 2.27. The monoisotopic (exact) mass is 355 g/mol. The summed E-state index contributed by atoms with van der Waals surface area (Å²) in [7, 11) is 1.53. The van der Waals surface area contributed by atoms with Crippen molar-refractivity contribution < 1.29 is 9.18 Å². The van der Waals surface area contributed by atoms with Gasteiger partial charge in [-0.05, 0) is 24.6 Å². The van der Waals surface area contributed by atoms with Crippen molar-refractivity contribution in [1.82, 2.24) is 15.3 Å². The molecule has 26 heavy (non-hydrogen) atoms. The topological polar surface area (TPSA) is 54.9 Å². The van der Waals surface area contributed by atoms with Crippen LogP contribution in [0.4, 0.5) is 4.39 Å². The predicted octanol–water partition coefficient (Wildman–Crippen LogP) is 5.16. The fraction of sp³-hybridized carbons (Fsp3) is 0.286. The first-order chi connectivity index (χ1) is 12.6. The molecule has 1 aromatic carbocycles. The Bertz CT molecular complexity index is 861. The summed E-state index contributed by atoms with van der Waals surface area (Å²) in [6.07, 6.45) is 3.12. The molecule has 0 aliphatic rings. The minimum atomic E-state index is -0.379. The average Bonchev–Trinajstić information content (AvgIpc) is 2.71. The number of halogens is 1. The lowest BCUT2D eigenvalue weighted by Gasteiger charge is -2.08. The molecule has 4 nitrogen and oxygen atoms in total. The number of hydrogen-bond donors (Lipinski definition) is 1. The Morgan fingerprint density at radius 3 is 2.23 bits per heavy atom. The van der Waals surface area contributed by atoms with E-state index in [1.165, 1.54) is 13.2 Å². The van der Waals surface area contributed by atoms with E-state index < -0.39 is 0 Å². The third-order valence-corrected chi connectivity index (χ3v) is 3.59. The Balaban J connectivity index is 0.000000791. The second-order valence-corrected chi connectivity index (χ2v) is 4.97. The molecule has 2 aromatic heterocycles. The standard InChI is InChI=1S/C17H14FN3O.2C2H6/c1-10-4-3-5-12-13(10)9-21-16(15(12)18)11-6-7-14(20-8-11)17(22)19-2;2*1-2/h3-9H,1-2H3,(H,19,22);2*1-2H3. The fourth-order valence-corrected chi connectivity index (χ4v) is 2.35. The zero-order chi connectivity index (χ0) is 19.7. The Kier molecular flexibility index (Phi) is 8.35. The summed E-state index contributed by atoms with van der Waals surface area (Å²) >= 11 is 0. The Morgan fingerprint density at radius 1 is 0.962 bits per heavy atom. The molecule has 5 heteroatoms. The summed E-state index contributed by atoms with van der Waals surface area (Å²) < 4.78 is 14.7. The maximum absolute atomic E-state index is 14.7. The second kappa shape index (κ2) is 10.2. The molecule has 2 heterocycles. The number of carbonyl (C=O) groups is 1. The summed E-state index contributed by atoms with van der Waals surface area (Å²) in [5.41, 5.74) is 2.02. The molecule has 0 saturated heterocycles. The van der Waals surface area contributed by atoms with Gasteiger partial charge in [-0.15, -0.1) is 0 Å². The Labute approximate surface area is 154 Å². The highest BCUT2D eigenvalue weighted by Gasteiger charge is 2.13. The maximum atomic E-state index is 14.7. The molecule has 1 N–H and O–H groups in total. The number of rotatable bonds is 2. The summed E-state index contributed by atoms with van der Waals surface area (Å²) in [5, 5.41) is 3.81. The number of amides is 1. The number of benzene rings is 1. The van der Waals surface area contributed by atoms with E-state index in [0.29, 0.717) is 10.9 Å². The summed E-state index contributed by atoms with van der Waals surface area (Å²) in [6.45, 7) is 9.92. The zero-order valence-corrected chi connectivity index (χ0v) is 16.2. The van der Waals surface area contributed by atoms with Crippen molar-refractivity contribution >= 4 is 16.7 Å². The molecular formula is C21H26FN3O. The minimum absolute atomic E-state index is 0.231. The van der Waals surface area contributed by atoms with E-state index in [1.54, 1.807) is 24.4 Å². The number of nitrogens with one attached hydrogen (secondary N) is 1. The second-order valence-electron chi connectivity index (χ2n) is 4.97. The van der Waals surface area contributed by atoms with E-state index >= 15 is 0 Å². The highest BCUT2D eigenvalue weighted by molar-refractivity contribution is 5.92. The third-order valence-electron chi connectivity index (χ3n) is 3.59. The average molecular weight is 355 g/mol. The van der Waals surface area contributed by atoms with Crippen molar-refractivity contribution in [3.63, 3.8) is 0 Å². The van der Waals surface area contributed by atoms with Crippen molar-refractivity contribution in [3.8, 4) is 11.3 Å². The number of aryl methyl sites for hydroxylation is 1. The minimum Gasteiger partial charge on any atom is -0.354 e. The van der Waals surface area contributed by atoms with Crippen LogP contribution >= 0.6 is 0 Å². The highest BCUT2D eigenvalue weighted by atomic mass is 19.1. The first-order valence-electron chi connectivity index (χ1n) is 8.84. The number of pyridine rings is 2. The summed E-state index contributed by atoms with van der Waals surface area (Å²) in [4.78, 5) is 19.7. The van der Waals surface area contributed by atoms with Crippen LogP contribution in [-0.4, -0.2) is 22.9 Å². The molecule has 3 rings (SSSR count). The van der Waals surface area contributed by atoms with Crippen LogP contribution in [-0.2, 0) is 0 Å². The van der Waals surface area contributed by atoms with Crippen LogP contribution in [0.3, 0.4) is 0 Å². The predicted molar refractivity (Wildman–Crippen MR) is 106 cm³/mol. The van der Waals surface area contributed by atoms with Crippen LogP contribution in [0.25, 0.3) is 22.0 Å². The van der Waals surface area contributed by atoms with Crippen molar-refractivity contribution in [2.45, 2.75) is 34.6 Å². The molecule has 0 aliphatic carbocycles. The lowest BCUT2D eigenvalue weighted by atomic mass is 10.0. The van der Waals surface area contributed by atoms with Crippen molar-refractivity contribution in [2.24, 2.45) is 0 Å². The van der Waals surface area contributed by atoms with Crippen molar-refractivity contribution in [2.75, 3.05) is 7.05 Å². The van der Waals surface area contributed by atoms with Gasteiger partial charge >= 0.3 is 0 Å². The molecule has 0 aliphatic heterocycles. The summed E-state index contributed by atoms with van der Waals surface area (Å²) in [5.74, 6) is -0.662. The number of aromatic nitrogens is 2. The van der Waals surface area contributed by atoms with Gasteiger partial charge in [-0.2, -0.15) is 0 Å². The van der Waals surface area contributed by atoms with Crippen LogP contribution in [0.5, 0.6) is 0 Å². The molecule has 0 radical (unpaired) electrons. The molecule has 138 valence electrons. The van der Waals surface area contributed by atoms with Crippen LogP contribution < -0.4 is 5.32 Å². The zero-order valence-electron chi connectivity index (χ0n) is 16.2. The smallest absolute Gasteiger partial charge is 0.269 e. The molecule has 3 aromatic rings. The van der Waals surface area contributed by atoms with Gasteiger partial charge in [0, 0.05) is 35.8 Å². The molecule has 0 saturated carbocycles. The largest absolute Gasteiger partial charge is 0.354 e. The Hall–Kier alpha value is -2.82. The lowest BCUT2D eigenvalue weighted by Crippen LogP contribution is -2.18. The fourth-order valence-electron chi connectivity index (χ4n) is 2.35. The number of fused-ring (bicyclic) bond motifs is 1. The molecule has 0 spiro atoms. The van der Waals surface area contributed by atoms with Gasteiger partial charge in [0.25, 0.3) is 5.91 Å². The van der Waals surface area contributed by atoms with Crippen molar-refractivity contribution in [1.29, 1.82) is 0 Å². The van der Waals surface area contributed by atoms with Gasteiger partial charge in [0.2, 0.25) is 0 Å². The van der Waals surface area contributed by atoms with Crippen LogP contribution in [0.15, 0.2) is 42.7 Å². The van der Waals surface area contributed by atoms with E-state index in [4.69, 9.17) is 0 Å². The van der Waals surface area contributed by atoms with E-state index in [2.05, 4.69) is 15.3 Å². The summed E-state index contributed by atoms with van der Waals surface area (Å²) in [6, 6.07) is 8.66. The number of nitrogens with zero attached hydrogens (tertiary/aromatic N) is 2. The van der Waals surface area contributed by atoms with Gasteiger partial charge in [-0.25, -0.2) is 4.39 Å². The van der Waals surface area contributed by atoms with Gasteiger partial charge < -0.3 is 5.32 Å². The molecule has 0 bridgehead atoms. The van der Waals surface area contributed by atoms with Gasteiger partial charge in [-0.3, -0.25) is 14.8 Å². The van der Waals surface area contributed by atoms with Gasteiger partial charge in [-0.1, -0.05) is 45.9 Å². The first kappa shape index (κ1) is 21.2. The number of carbonyl (C=O) groups excluding carboxylic acids is 1. The van der Waals surface area contributed by atoms with E-state index in [-0.39, 0.29) is 23.1 Å². The Morgan fingerprint density at radius 2 is 1.65 bits per heavy atom. The SMILES string of the molecule is CC.CC.CNC(=O)c1ccc(-c2ncc3c(C)cccc3c2F)cn1. The van der Waals surface area contributed by atoms with Crippen LogP contribution in [0, 0.1) is 12.7 Å².